The van der Waals surface area contributed by atoms with Crippen LogP contribution >= 0.6 is 0 Å². The number of rotatable bonds is 5. The van der Waals surface area contributed by atoms with Gasteiger partial charge in [0.15, 0.2) is 0 Å². The number of β-amino-alcohol motifs (C(OH)–C–C–N with tert-alkyl or cyclic N) is 1. The van der Waals surface area contributed by atoms with E-state index >= 15 is 0 Å². The Morgan fingerprint density at radius 1 is 1.10 bits per heavy atom. The minimum atomic E-state index is -1.22. The number of hydrogen-bond acceptors (Lipinski definition) is 6. The van der Waals surface area contributed by atoms with Crippen molar-refractivity contribution in [3.05, 3.63) is 30.3 Å². The Labute approximate surface area is 117 Å². The van der Waals surface area contributed by atoms with Gasteiger partial charge in [-0.2, -0.15) is 0 Å². The van der Waals surface area contributed by atoms with Crippen LogP contribution in [-0.4, -0.2) is 76.0 Å². The Hall–Kier alpha value is -1.18. The summed E-state index contributed by atoms with van der Waals surface area (Å²) < 4.78 is 5.55. The number of nitrogens with zero attached hydrogens (tertiary/aromatic N) is 1. The van der Waals surface area contributed by atoms with Gasteiger partial charge in [-0.15, -0.1) is 0 Å². The zero-order valence-electron chi connectivity index (χ0n) is 11.2. The zero-order chi connectivity index (χ0) is 14.5. The highest BCUT2D eigenvalue weighted by Gasteiger charge is 2.40. The van der Waals surface area contributed by atoms with E-state index in [9.17, 15) is 20.4 Å². The summed E-state index contributed by atoms with van der Waals surface area (Å²) >= 11 is 0. The van der Waals surface area contributed by atoms with E-state index in [1.54, 1.807) is 4.90 Å². The molecule has 112 valence electrons. The second-order valence-electron chi connectivity index (χ2n) is 4.95. The predicted molar refractivity (Wildman–Crippen MR) is 72.4 cm³/mol. The van der Waals surface area contributed by atoms with Gasteiger partial charge in [0.05, 0.1) is 18.8 Å². The summed E-state index contributed by atoms with van der Waals surface area (Å²) in [4.78, 5) is 1.73. The topological polar surface area (TPSA) is 93.4 Å². The normalized spacial score (nSPS) is 31.2. The first kappa shape index (κ1) is 15.2. The summed E-state index contributed by atoms with van der Waals surface area (Å²) in [6.07, 6.45) is -3.41. The van der Waals surface area contributed by atoms with Gasteiger partial charge < -0.3 is 25.2 Å². The average molecular weight is 283 g/mol. The van der Waals surface area contributed by atoms with Crippen LogP contribution < -0.4 is 4.74 Å². The van der Waals surface area contributed by atoms with Crippen LogP contribution in [0.5, 0.6) is 5.75 Å². The second kappa shape index (κ2) is 7.01. The highest BCUT2D eigenvalue weighted by Crippen LogP contribution is 2.18. The van der Waals surface area contributed by atoms with Crippen molar-refractivity contribution in [3.63, 3.8) is 0 Å². The Morgan fingerprint density at radius 2 is 1.80 bits per heavy atom. The lowest BCUT2D eigenvalue weighted by molar-refractivity contribution is -0.146. The van der Waals surface area contributed by atoms with E-state index in [1.807, 2.05) is 30.3 Å². The van der Waals surface area contributed by atoms with Crippen LogP contribution in [0.4, 0.5) is 0 Å². The third-order valence-corrected chi connectivity index (χ3v) is 3.61. The van der Waals surface area contributed by atoms with E-state index < -0.39 is 24.4 Å². The van der Waals surface area contributed by atoms with Crippen LogP contribution in [0.1, 0.15) is 0 Å². The lowest BCUT2D eigenvalue weighted by Crippen LogP contribution is -2.63. The van der Waals surface area contributed by atoms with Crippen molar-refractivity contribution in [3.8, 4) is 5.75 Å². The molecule has 1 saturated heterocycles. The van der Waals surface area contributed by atoms with E-state index in [0.717, 1.165) is 5.75 Å². The number of aliphatic hydroxyl groups excluding tert-OH is 4. The molecular weight excluding hydrogens is 262 g/mol. The molecule has 6 nitrogen and oxygen atoms in total. The molecule has 1 aromatic carbocycles. The molecule has 0 saturated carbocycles. The molecule has 0 aliphatic carbocycles. The third kappa shape index (κ3) is 3.47. The summed E-state index contributed by atoms with van der Waals surface area (Å²) in [5.41, 5.74) is 0. The standard InChI is InChI=1S/C14H21NO5/c16-9-11-13(18)14(19)12(17)8-15(11)6-7-20-10-4-2-1-3-5-10/h1-5,11-14,16-19H,6-9H2/t11-,12+,13-,14-/m1/s1. The van der Waals surface area contributed by atoms with Gasteiger partial charge in [0.1, 0.15) is 24.6 Å². The minimum Gasteiger partial charge on any atom is -0.492 e. The fraction of sp³-hybridized carbons (Fsp3) is 0.571. The minimum absolute atomic E-state index is 0.196. The molecular formula is C14H21NO5. The van der Waals surface area contributed by atoms with E-state index in [-0.39, 0.29) is 13.2 Å². The first-order valence-electron chi connectivity index (χ1n) is 6.70. The Kier molecular flexibility index (Phi) is 5.33. The predicted octanol–water partition coefficient (Wildman–Crippen LogP) is -1.18. The number of ether oxygens (including phenoxy) is 1. The highest BCUT2D eigenvalue weighted by atomic mass is 16.5. The van der Waals surface area contributed by atoms with Crippen molar-refractivity contribution in [2.45, 2.75) is 24.4 Å². The quantitative estimate of drug-likeness (QED) is 0.544. The van der Waals surface area contributed by atoms with Crippen LogP contribution in [0.25, 0.3) is 0 Å². The molecule has 0 radical (unpaired) electrons. The molecule has 2 rings (SSSR count). The summed E-state index contributed by atoms with van der Waals surface area (Å²) in [5, 5.41) is 38.4. The summed E-state index contributed by atoms with van der Waals surface area (Å²) in [7, 11) is 0. The van der Waals surface area contributed by atoms with Crippen LogP contribution in [0.15, 0.2) is 30.3 Å². The summed E-state index contributed by atoms with van der Waals surface area (Å²) in [5.74, 6) is 0.742. The van der Waals surface area contributed by atoms with E-state index in [4.69, 9.17) is 4.74 Å². The molecule has 0 unspecified atom stereocenters. The number of piperidine rings is 1. The smallest absolute Gasteiger partial charge is 0.119 e. The maximum absolute atomic E-state index is 9.84. The van der Waals surface area contributed by atoms with Gasteiger partial charge in [-0.1, -0.05) is 18.2 Å². The average Bonchev–Trinajstić information content (AvgIpc) is 2.46. The number of benzene rings is 1. The van der Waals surface area contributed by atoms with Crippen molar-refractivity contribution >= 4 is 0 Å². The van der Waals surface area contributed by atoms with E-state index in [2.05, 4.69) is 0 Å². The lowest BCUT2D eigenvalue weighted by atomic mass is 9.94. The maximum atomic E-state index is 9.84. The SMILES string of the molecule is OC[C@@H]1[C@@H](O)[C@H](O)[C@@H](O)CN1CCOc1ccccc1. The molecule has 6 heteroatoms. The van der Waals surface area contributed by atoms with E-state index in [0.29, 0.717) is 13.2 Å². The van der Waals surface area contributed by atoms with Gasteiger partial charge in [-0.05, 0) is 12.1 Å². The molecule has 0 spiro atoms. The van der Waals surface area contributed by atoms with Gasteiger partial charge in [0.2, 0.25) is 0 Å². The van der Waals surface area contributed by atoms with Gasteiger partial charge in [-0.3, -0.25) is 4.90 Å². The molecule has 0 amide bonds. The molecule has 0 aromatic heterocycles. The maximum Gasteiger partial charge on any atom is 0.119 e. The molecule has 1 aliphatic heterocycles. The fourth-order valence-corrected chi connectivity index (χ4v) is 2.43. The molecule has 1 fully saturated rings. The van der Waals surface area contributed by atoms with Crippen LogP contribution in [0, 0.1) is 0 Å². The fourth-order valence-electron chi connectivity index (χ4n) is 2.43. The molecule has 20 heavy (non-hydrogen) atoms. The first-order chi connectivity index (χ1) is 9.63. The number of aliphatic hydroxyl groups is 4. The lowest BCUT2D eigenvalue weighted by Gasteiger charge is -2.42. The third-order valence-electron chi connectivity index (χ3n) is 3.61. The zero-order valence-corrected chi connectivity index (χ0v) is 11.2. The van der Waals surface area contributed by atoms with Crippen molar-refractivity contribution in [2.75, 3.05) is 26.3 Å². The van der Waals surface area contributed by atoms with Gasteiger partial charge in [0, 0.05) is 13.1 Å². The largest absolute Gasteiger partial charge is 0.492 e. The molecule has 1 aromatic rings. The van der Waals surface area contributed by atoms with Gasteiger partial charge in [-0.25, -0.2) is 0 Å². The van der Waals surface area contributed by atoms with Crippen LogP contribution in [-0.2, 0) is 0 Å². The Morgan fingerprint density at radius 3 is 2.45 bits per heavy atom. The number of hydrogen-bond donors (Lipinski definition) is 4. The second-order valence-corrected chi connectivity index (χ2v) is 4.95. The number of para-hydroxylation sites is 1. The first-order valence-corrected chi connectivity index (χ1v) is 6.70. The molecule has 4 N–H and O–H groups in total. The van der Waals surface area contributed by atoms with Crippen LogP contribution in [0.3, 0.4) is 0 Å². The Bertz CT molecular complexity index is 402. The molecule has 0 bridgehead atoms. The monoisotopic (exact) mass is 283 g/mol. The van der Waals surface area contributed by atoms with E-state index in [1.165, 1.54) is 0 Å². The van der Waals surface area contributed by atoms with Gasteiger partial charge in [0.25, 0.3) is 0 Å². The summed E-state index contributed by atoms with van der Waals surface area (Å²) in [6.45, 7) is 0.731. The van der Waals surface area contributed by atoms with Crippen molar-refractivity contribution in [1.82, 2.24) is 4.90 Å². The van der Waals surface area contributed by atoms with Crippen molar-refractivity contribution in [1.29, 1.82) is 0 Å². The molecule has 4 atom stereocenters. The van der Waals surface area contributed by atoms with Gasteiger partial charge >= 0.3 is 0 Å². The number of likely N-dealkylation sites (tertiary alicyclic amines) is 1. The van der Waals surface area contributed by atoms with Crippen molar-refractivity contribution in [2.24, 2.45) is 0 Å². The highest BCUT2D eigenvalue weighted by molar-refractivity contribution is 5.20. The Balaban J connectivity index is 1.87. The van der Waals surface area contributed by atoms with Crippen molar-refractivity contribution < 1.29 is 25.2 Å². The molecule has 1 aliphatic rings. The summed E-state index contributed by atoms with van der Waals surface area (Å²) in [6, 6.07) is 8.73. The molecule has 1 heterocycles. The van der Waals surface area contributed by atoms with Crippen LogP contribution in [0.2, 0.25) is 0 Å².